The third kappa shape index (κ3) is 3.06. The highest BCUT2D eigenvalue weighted by molar-refractivity contribution is 6.35. The van der Waals surface area contributed by atoms with Crippen LogP contribution in [0.25, 0.3) is 0 Å². The molecule has 0 saturated heterocycles. The quantitative estimate of drug-likeness (QED) is 0.643. The van der Waals surface area contributed by atoms with Gasteiger partial charge in [0.05, 0.1) is 36.5 Å². The zero-order valence-electron chi connectivity index (χ0n) is 15.2. The number of rotatable bonds is 5. The minimum atomic E-state index is -0.784. The lowest BCUT2D eigenvalue weighted by atomic mass is 10.0. The molecule has 0 aliphatic carbocycles. The Bertz CT molecular complexity index is 934. The maximum atomic E-state index is 13.0. The van der Waals surface area contributed by atoms with Crippen molar-refractivity contribution < 1.29 is 29.0 Å². The third-order valence-electron chi connectivity index (χ3n) is 4.33. The normalized spacial score (nSPS) is 14.1. The minimum absolute atomic E-state index is 0.0447. The van der Waals surface area contributed by atoms with Crippen molar-refractivity contribution >= 4 is 23.5 Å². The van der Waals surface area contributed by atoms with E-state index in [1.54, 1.807) is 32.0 Å². The monoisotopic (exact) mass is 369 g/mol. The van der Waals surface area contributed by atoms with Gasteiger partial charge in [-0.3, -0.25) is 9.59 Å². The first-order valence-electron chi connectivity index (χ1n) is 8.45. The molecule has 1 atom stereocenters. The van der Waals surface area contributed by atoms with E-state index in [-0.39, 0.29) is 34.7 Å². The molecule has 1 aliphatic rings. The zero-order valence-corrected chi connectivity index (χ0v) is 15.2. The van der Waals surface area contributed by atoms with Crippen molar-refractivity contribution in [3.05, 3.63) is 58.7 Å². The third-order valence-corrected chi connectivity index (χ3v) is 4.33. The largest absolute Gasteiger partial charge is 0.495 e. The molecule has 0 fully saturated rings. The van der Waals surface area contributed by atoms with E-state index in [0.29, 0.717) is 5.56 Å². The fourth-order valence-electron chi connectivity index (χ4n) is 3.01. The van der Waals surface area contributed by atoms with Crippen LogP contribution in [-0.4, -0.2) is 36.6 Å². The van der Waals surface area contributed by atoms with E-state index in [4.69, 9.17) is 9.47 Å². The lowest BCUT2D eigenvalue weighted by Gasteiger charge is -2.20. The number of amides is 2. The molecule has 0 aromatic heterocycles. The fraction of sp³-hybridized carbons (Fsp3) is 0.250. The van der Waals surface area contributed by atoms with E-state index in [1.165, 1.54) is 25.3 Å². The van der Waals surface area contributed by atoms with E-state index >= 15 is 0 Å². The SMILES string of the molecule is CCOC(=O)c1cccc(OC)c1N1C(=O)c2ccc(C(C)O)cc2C1=O. The van der Waals surface area contributed by atoms with Crippen LogP contribution in [0.2, 0.25) is 0 Å². The van der Waals surface area contributed by atoms with Gasteiger partial charge in [-0.25, -0.2) is 9.69 Å². The minimum Gasteiger partial charge on any atom is -0.495 e. The Morgan fingerprint density at radius 3 is 2.48 bits per heavy atom. The number of aliphatic hydroxyl groups excluding tert-OH is 1. The maximum absolute atomic E-state index is 13.0. The average Bonchev–Trinajstić information content (AvgIpc) is 2.91. The number of carbonyl (C=O) groups is 3. The van der Waals surface area contributed by atoms with Gasteiger partial charge in [0, 0.05) is 0 Å². The van der Waals surface area contributed by atoms with Crippen LogP contribution in [-0.2, 0) is 4.74 Å². The summed E-state index contributed by atoms with van der Waals surface area (Å²) in [6.45, 7) is 3.38. The first-order valence-corrected chi connectivity index (χ1v) is 8.45. The Morgan fingerprint density at radius 1 is 1.15 bits per heavy atom. The topological polar surface area (TPSA) is 93.1 Å². The summed E-state index contributed by atoms with van der Waals surface area (Å²) < 4.78 is 10.3. The van der Waals surface area contributed by atoms with Crippen molar-refractivity contribution in [1.29, 1.82) is 0 Å². The van der Waals surface area contributed by atoms with Crippen LogP contribution in [0.4, 0.5) is 5.69 Å². The molecule has 2 aromatic carbocycles. The average molecular weight is 369 g/mol. The van der Waals surface area contributed by atoms with Crippen molar-refractivity contribution in [2.75, 3.05) is 18.6 Å². The molecule has 0 saturated carbocycles. The van der Waals surface area contributed by atoms with Crippen LogP contribution in [0.3, 0.4) is 0 Å². The summed E-state index contributed by atoms with van der Waals surface area (Å²) in [7, 11) is 1.39. The molecule has 7 nitrogen and oxygen atoms in total. The van der Waals surface area contributed by atoms with Gasteiger partial charge in [0.15, 0.2) is 0 Å². The second-order valence-electron chi connectivity index (χ2n) is 6.00. The molecule has 1 aliphatic heterocycles. The number of hydrogen-bond donors (Lipinski definition) is 1. The number of esters is 1. The number of nitrogens with zero attached hydrogens (tertiary/aromatic N) is 1. The number of benzene rings is 2. The van der Waals surface area contributed by atoms with Gasteiger partial charge in [-0.1, -0.05) is 12.1 Å². The predicted molar refractivity (Wildman–Crippen MR) is 97.2 cm³/mol. The first-order chi connectivity index (χ1) is 12.9. The van der Waals surface area contributed by atoms with Crippen LogP contribution in [0.15, 0.2) is 36.4 Å². The molecule has 140 valence electrons. The van der Waals surface area contributed by atoms with Crippen molar-refractivity contribution in [1.82, 2.24) is 0 Å². The molecule has 2 amide bonds. The van der Waals surface area contributed by atoms with Gasteiger partial charge < -0.3 is 14.6 Å². The van der Waals surface area contributed by atoms with Gasteiger partial charge in [0.1, 0.15) is 11.4 Å². The summed E-state index contributed by atoms with van der Waals surface area (Å²) in [5.41, 5.74) is 0.983. The number of methoxy groups -OCH3 is 1. The van der Waals surface area contributed by atoms with Gasteiger partial charge in [-0.15, -0.1) is 0 Å². The van der Waals surface area contributed by atoms with Crippen molar-refractivity contribution in [2.45, 2.75) is 20.0 Å². The summed E-state index contributed by atoms with van der Waals surface area (Å²) in [5, 5.41) is 9.76. The highest BCUT2D eigenvalue weighted by Gasteiger charge is 2.40. The van der Waals surface area contributed by atoms with Gasteiger partial charge >= 0.3 is 5.97 Å². The van der Waals surface area contributed by atoms with Gasteiger partial charge in [-0.2, -0.15) is 0 Å². The molecule has 1 N–H and O–H groups in total. The number of anilines is 1. The smallest absolute Gasteiger partial charge is 0.340 e. The summed E-state index contributed by atoms with van der Waals surface area (Å²) in [6, 6.07) is 9.19. The van der Waals surface area contributed by atoms with Crippen molar-refractivity contribution in [3.8, 4) is 5.75 Å². The summed E-state index contributed by atoms with van der Waals surface area (Å²) in [5.74, 6) is -1.62. The van der Waals surface area contributed by atoms with Crippen molar-refractivity contribution in [3.63, 3.8) is 0 Å². The lowest BCUT2D eigenvalue weighted by molar-refractivity contribution is 0.0527. The summed E-state index contributed by atoms with van der Waals surface area (Å²) >= 11 is 0. The van der Waals surface area contributed by atoms with E-state index < -0.39 is 23.9 Å². The Labute approximate surface area is 156 Å². The van der Waals surface area contributed by atoms with Crippen LogP contribution in [0.1, 0.15) is 56.6 Å². The molecular formula is C20H19NO6. The summed E-state index contributed by atoms with van der Waals surface area (Å²) in [6.07, 6.45) is -0.784. The fourth-order valence-corrected chi connectivity index (χ4v) is 3.01. The molecule has 0 bridgehead atoms. The highest BCUT2D eigenvalue weighted by Crippen LogP contribution is 2.38. The molecule has 0 radical (unpaired) electrons. The van der Waals surface area contributed by atoms with Crippen LogP contribution in [0.5, 0.6) is 5.75 Å². The highest BCUT2D eigenvalue weighted by atomic mass is 16.5. The van der Waals surface area contributed by atoms with E-state index in [1.807, 2.05) is 0 Å². The number of hydrogen-bond acceptors (Lipinski definition) is 6. The van der Waals surface area contributed by atoms with E-state index in [2.05, 4.69) is 0 Å². The van der Waals surface area contributed by atoms with Crippen LogP contribution in [0, 0.1) is 0 Å². The molecule has 27 heavy (non-hydrogen) atoms. The number of carbonyl (C=O) groups excluding carboxylic acids is 3. The van der Waals surface area contributed by atoms with Crippen LogP contribution < -0.4 is 9.64 Å². The molecule has 1 heterocycles. The number of para-hydroxylation sites is 1. The number of aliphatic hydroxyl groups is 1. The number of imide groups is 1. The molecule has 2 aromatic rings. The van der Waals surface area contributed by atoms with E-state index in [0.717, 1.165) is 4.90 Å². The standard InChI is InChI=1S/C20H19NO6/c1-4-27-20(25)14-6-5-7-16(26-3)17(14)21-18(23)13-9-8-12(11(2)22)10-15(13)19(21)24/h5-11,22H,4H2,1-3H3. The molecule has 7 heteroatoms. The predicted octanol–water partition coefficient (Wildman–Crippen LogP) is 2.73. The Kier molecular flexibility index (Phi) is 4.96. The second-order valence-corrected chi connectivity index (χ2v) is 6.00. The molecule has 3 rings (SSSR count). The second kappa shape index (κ2) is 7.20. The summed E-state index contributed by atoms with van der Waals surface area (Å²) in [4.78, 5) is 39.2. The van der Waals surface area contributed by atoms with E-state index in [9.17, 15) is 19.5 Å². The van der Waals surface area contributed by atoms with Crippen LogP contribution >= 0.6 is 0 Å². The number of ether oxygens (including phenoxy) is 2. The molecular weight excluding hydrogens is 350 g/mol. The van der Waals surface area contributed by atoms with Crippen molar-refractivity contribution in [2.24, 2.45) is 0 Å². The molecule has 1 unspecified atom stereocenters. The lowest BCUT2D eigenvalue weighted by Crippen LogP contribution is -2.31. The van der Waals surface area contributed by atoms with Gasteiger partial charge in [0.25, 0.3) is 11.8 Å². The Morgan fingerprint density at radius 2 is 1.85 bits per heavy atom. The first kappa shape index (κ1) is 18.6. The Hall–Kier alpha value is -3.19. The van der Waals surface area contributed by atoms with Gasteiger partial charge in [-0.05, 0) is 43.7 Å². The number of fused-ring (bicyclic) bond motifs is 1. The molecule has 0 spiro atoms. The van der Waals surface area contributed by atoms with Gasteiger partial charge in [0.2, 0.25) is 0 Å². The Balaban J connectivity index is 2.16. The zero-order chi connectivity index (χ0) is 19.7. The maximum Gasteiger partial charge on any atom is 0.340 e.